The van der Waals surface area contributed by atoms with Crippen LogP contribution in [0.5, 0.6) is 0 Å². The molecule has 4 atom stereocenters. The fourth-order valence-electron chi connectivity index (χ4n) is 6.75. The zero-order valence-electron chi connectivity index (χ0n) is 23.5. The molecule has 2 fully saturated rings. The number of nitriles is 1. The molecule has 3 aliphatic rings. The van der Waals surface area contributed by atoms with Gasteiger partial charge in [-0.05, 0) is 54.9 Å². The number of carbonyl (C=O) groups excluding carboxylic acids is 3. The molecule has 2 heterocycles. The molecule has 0 spiro atoms. The van der Waals surface area contributed by atoms with Crippen molar-refractivity contribution in [3.8, 4) is 6.19 Å². The van der Waals surface area contributed by atoms with Crippen LogP contribution >= 0.6 is 0 Å². The van der Waals surface area contributed by atoms with Crippen molar-refractivity contribution in [2.24, 2.45) is 23.4 Å². The normalized spacial score (nSPS) is 22.7. The van der Waals surface area contributed by atoms with E-state index < -0.39 is 11.8 Å². The number of imide groups is 1. The number of carbonyl (C=O) groups is 3. The lowest BCUT2D eigenvalue weighted by Gasteiger charge is -2.47. The molecule has 3 amide bonds. The molecular weight excluding hydrogens is 534 g/mol. The van der Waals surface area contributed by atoms with Gasteiger partial charge in [0.05, 0.1) is 16.8 Å². The van der Waals surface area contributed by atoms with Gasteiger partial charge in [0.1, 0.15) is 6.61 Å². The summed E-state index contributed by atoms with van der Waals surface area (Å²) in [6, 6.07) is 14.2. The number of hydroxylamine groups is 2. The molecule has 1 saturated carbocycles. The third-order valence-corrected chi connectivity index (χ3v) is 8.76. The first-order valence-corrected chi connectivity index (χ1v) is 14.4. The SMILES string of the molecule is N#CN1CC2CCCCC2CC1C(CCN(N)/C=C(\N)CON1C(=O)c2ccccc2C1=O)c1ccccc1NC=O. The Morgan fingerprint density at radius 2 is 1.76 bits per heavy atom. The van der Waals surface area contributed by atoms with Crippen molar-refractivity contribution in [3.63, 3.8) is 0 Å². The summed E-state index contributed by atoms with van der Waals surface area (Å²) in [6.07, 6.45) is 10.9. The Morgan fingerprint density at radius 1 is 1.10 bits per heavy atom. The third-order valence-electron chi connectivity index (χ3n) is 8.76. The van der Waals surface area contributed by atoms with Crippen molar-refractivity contribution in [2.75, 3.05) is 25.0 Å². The van der Waals surface area contributed by atoms with Crippen LogP contribution in [0.15, 0.2) is 60.4 Å². The van der Waals surface area contributed by atoms with Gasteiger partial charge in [0, 0.05) is 36.9 Å². The van der Waals surface area contributed by atoms with E-state index in [0.29, 0.717) is 36.9 Å². The number of nitrogens with zero attached hydrogens (tertiary/aromatic N) is 4. The number of hydrogen-bond acceptors (Lipinski definition) is 9. The van der Waals surface area contributed by atoms with Crippen LogP contribution in [0.3, 0.4) is 0 Å². The standard InChI is InChI=1S/C31H37N7O4/c32-19-36-16-22-8-2-1-7-21(22)15-29(36)25(24-9-5-6-12-28(24)35-20-39)13-14-37(34)17-23(33)18-42-38-30(40)26-10-3-4-11-27(26)31(38)41/h3-6,9-12,17,20-22,25,29H,1-2,7-8,13-16,18,33-34H2,(H,35,39)/b23-17-. The number of anilines is 1. The quantitative estimate of drug-likeness (QED) is 0.121. The number of rotatable bonds is 11. The molecule has 220 valence electrons. The molecular formula is C31H37N7O4. The Morgan fingerprint density at radius 3 is 2.45 bits per heavy atom. The van der Waals surface area contributed by atoms with Gasteiger partial charge >= 0.3 is 0 Å². The summed E-state index contributed by atoms with van der Waals surface area (Å²) >= 11 is 0. The van der Waals surface area contributed by atoms with E-state index in [1.54, 1.807) is 24.3 Å². The van der Waals surface area contributed by atoms with E-state index in [1.807, 2.05) is 29.2 Å². The van der Waals surface area contributed by atoms with Gasteiger partial charge in [-0.15, -0.1) is 5.06 Å². The number of nitrogens with two attached hydrogens (primary N) is 2. The van der Waals surface area contributed by atoms with Crippen molar-refractivity contribution in [3.05, 3.63) is 77.1 Å². The zero-order valence-corrected chi connectivity index (χ0v) is 23.5. The predicted molar refractivity (Wildman–Crippen MR) is 156 cm³/mol. The van der Waals surface area contributed by atoms with E-state index in [-0.39, 0.29) is 35.4 Å². The molecule has 11 heteroatoms. The fraction of sp³-hybridized carbons (Fsp3) is 0.419. The Kier molecular flexibility index (Phi) is 9.05. The highest BCUT2D eigenvalue weighted by molar-refractivity contribution is 6.20. The van der Waals surface area contributed by atoms with Crippen molar-refractivity contribution in [1.82, 2.24) is 15.0 Å². The number of para-hydroxylation sites is 1. The summed E-state index contributed by atoms with van der Waals surface area (Å²) < 4.78 is 0. The predicted octanol–water partition coefficient (Wildman–Crippen LogP) is 3.29. The molecule has 1 saturated heterocycles. The average molecular weight is 572 g/mol. The first-order chi connectivity index (χ1) is 20.4. The molecule has 0 radical (unpaired) electrons. The van der Waals surface area contributed by atoms with Crippen molar-refractivity contribution >= 4 is 23.9 Å². The lowest BCUT2D eigenvalue weighted by Crippen LogP contribution is -2.49. The number of fused-ring (bicyclic) bond motifs is 2. The maximum Gasteiger partial charge on any atom is 0.285 e. The van der Waals surface area contributed by atoms with Crippen LogP contribution in [0.4, 0.5) is 5.69 Å². The molecule has 5 rings (SSSR count). The van der Waals surface area contributed by atoms with Crippen molar-refractivity contribution in [1.29, 1.82) is 5.26 Å². The smallest absolute Gasteiger partial charge is 0.285 e. The van der Waals surface area contributed by atoms with Gasteiger partial charge in [-0.2, -0.15) is 5.26 Å². The number of hydrazine groups is 1. The van der Waals surface area contributed by atoms with Crippen LogP contribution in [0.2, 0.25) is 0 Å². The minimum atomic E-state index is -0.534. The highest BCUT2D eigenvalue weighted by Crippen LogP contribution is 2.44. The van der Waals surface area contributed by atoms with Crippen LogP contribution in [-0.2, 0) is 9.63 Å². The topological polar surface area (TPSA) is 158 Å². The van der Waals surface area contributed by atoms with Gasteiger partial charge in [0.15, 0.2) is 6.19 Å². The molecule has 11 nitrogen and oxygen atoms in total. The van der Waals surface area contributed by atoms with Crippen LogP contribution in [-0.4, -0.2) is 58.9 Å². The number of hydrogen-bond donors (Lipinski definition) is 3. The number of likely N-dealkylation sites (tertiary alicyclic amines) is 1. The van der Waals surface area contributed by atoms with Gasteiger partial charge in [0.2, 0.25) is 6.41 Å². The molecule has 2 aliphatic heterocycles. The second kappa shape index (κ2) is 13.1. The Hall–Kier alpha value is -4.40. The fourth-order valence-corrected chi connectivity index (χ4v) is 6.75. The zero-order chi connectivity index (χ0) is 29.6. The highest BCUT2D eigenvalue weighted by Gasteiger charge is 2.41. The Balaban J connectivity index is 1.28. The first-order valence-electron chi connectivity index (χ1n) is 14.4. The first kappa shape index (κ1) is 29.1. The molecule has 42 heavy (non-hydrogen) atoms. The van der Waals surface area contributed by atoms with Gasteiger partial charge in [0.25, 0.3) is 11.8 Å². The van der Waals surface area contributed by atoms with Crippen LogP contribution in [0, 0.1) is 23.3 Å². The molecule has 0 aromatic heterocycles. The minimum absolute atomic E-state index is 0.0316. The van der Waals surface area contributed by atoms with E-state index in [4.69, 9.17) is 16.4 Å². The third kappa shape index (κ3) is 6.10. The van der Waals surface area contributed by atoms with E-state index in [1.165, 1.54) is 30.5 Å². The second-order valence-corrected chi connectivity index (χ2v) is 11.3. The van der Waals surface area contributed by atoms with Crippen LogP contribution < -0.4 is 16.9 Å². The molecule has 0 bridgehead atoms. The van der Waals surface area contributed by atoms with E-state index in [0.717, 1.165) is 30.0 Å². The lowest BCUT2D eigenvalue weighted by molar-refractivity contribution is -0.105. The van der Waals surface area contributed by atoms with Gasteiger partial charge < -0.3 is 21.0 Å². The van der Waals surface area contributed by atoms with Crippen LogP contribution in [0.25, 0.3) is 0 Å². The number of piperidine rings is 1. The van der Waals surface area contributed by atoms with Crippen LogP contribution in [0.1, 0.15) is 70.7 Å². The highest BCUT2D eigenvalue weighted by atomic mass is 16.7. The van der Waals surface area contributed by atoms with E-state index in [9.17, 15) is 19.6 Å². The second-order valence-electron chi connectivity index (χ2n) is 11.3. The van der Waals surface area contributed by atoms with Crippen molar-refractivity contribution < 1.29 is 19.2 Å². The number of nitrogens with one attached hydrogen (secondary N) is 1. The Bertz CT molecular complexity index is 1350. The molecule has 4 unspecified atom stereocenters. The van der Waals surface area contributed by atoms with Gasteiger partial charge in [-0.3, -0.25) is 19.2 Å². The lowest BCUT2D eigenvalue weighted by atomic mass is 9.69. The average Bonchev–Trinajstić information content (AvgIpc) is 3.25. The summed E-state index contributed by atoms with van der Waals surface area (Å²) in [5.74, 6) is 6.30. The van der Waals surface area contributed by atoms with E-state index >= 15 is 0 Å². The summed E-state index contributed by atoms with van der Waals surface area (Å²) in [7, 11) is 0. The maximum absolute atomic E-state index is 12.5. The summed E-state index contributed by atoms with van der Waals surface area (Å²) in [5.41, 5.74) is 8.64. The molecule has 2 aromatic rings. The largest absolute Gasteiger partial charge is 0.399 e. The summed E-state index contributed by atoms with van der Waals surface area (Å²) in [5, 5.41) is 15.1. The summed E-state index contributed by atoms with van der Waals surface area (Å²) in [6.45, 7) is 0.945. The summed E-state index contributed by atoms with van der Waals surface area (Å²) in [4.78, 5) is 43.9. The molecule has 2 aromatic carbocycles. The van der Waals surface area contributed by atoms with Gasteiger partial charge in [-0.1, -0.05) is 49.6 Å². The van der Waals surface area contributed by atoms with Crippen molar-refractivity contribution in [2.45, 2.75) is 50.5 Å². The molecule has 5 N–H and O–H groups in total. The van der Waals surface area contributed by atoms with E-state index in [2.05, 4.69) is 11.5 Å². The minimum Gasteiger partial charge on any atom is -0.399 e. The monoisotopic (exact) mass is 571 g/mol. The molecule has 1 aliphatic carbocycles. The Labute approximate surface area is 245 Å². The van der Waals surface area contributed by atoms with Gasteiger partial charge in [-0.25, -0.2) is 5.84 Å². The maximum atomic E-state index is 12.5. The number of benzene rings is 2. The number of amides is 3.